The molecule has 0 unspecified atom stereocenters. The molecule has 0 spiro atoms. The van der Waals surface area contributed by atoms with E-state index in [9.17, 15) is 4.79 Å². The van der Waals surface area contributed by atoms with Crippen LogP contribution in [0, 0.1) is 0 Å². The fraction of sp³-hybridized carbons (Fsp3) is 0.857. The summed E-state index contributed by atoms with van der Waals surface area (Å²) in [4.78, 5) is 10.3. The Morgan fingerprint density at radius 1 is 1.50 bits per heavy atom. The van der Waals surface area contributed by atoms with Gasteiger partial charge < -0.3 is 6.53 Å². The van der Waals surface area contributed by atoms with Crippen molar-refractivity contribution in [3.05, 3.63) is 0 Å². The molecule has 1 fully saturated rings. The van der Waals surface area contributed by atoms with Gasteiger partial charge in [-0.25, -0.2) is 5.01 Å². The largest absolute Gasteiger partial charge is 1.00 e. The zero-order chi connectivity index (χ0) is 8.10. The van der Waals surface area contributed by atoms with Gasteiger partial charge in [-0.15, -0.1) is 0 Å². The Morgan fingerprint density at radius 2 is 2.25 bits per heavy atom. The van der Waals surface area contributed by atoms with Gasteiger partial charge in [0.05, 0.1) is 0 Å². The monoisotopic (exact) mass is 182 g/mol. The van der Waals surface area contributed by atoms with Crippen molar-refractivity contribution in [2.24, 2.45) is 0 Å². The van der Waals surface area contributed by atoms with Gasteiger partial charge in [-0.3, -0.25) is 10.2 Å². The minimum absolute atomic E-state index is 0. The van der Waals surface area contributed by atoms with Crippen molar-refractivity contribution in [3.8, 4) is 0 Å². The SMILES string of the molecule is O=C(O)CN1CCCCCN1.[H-].[Na+]. The predicted octanol–water partition coefficient (Wildman–Crippen LogP) is -2.82. The van der Waals surface area contributed by atoms with Crippen LogP contribution in [0.25, 0.3) is 0 Å². The van der Waals surface area contributed by atoms with Crippen molar-refractivity contribution >= 4 is 5.97 Å². The molecule has 0 amide bonds. The second kappa shape index (κ2) is 6.86. The fourth-order valence-corrected chi connectivity index (χ4v) is 1.22. The quantitative estimate of drug-likeness (QED) is 0.452. The van der Waals surface area contributed by atoms with Crippen molar-refractivity contribution in [3.63, 3.8) is 0 Å². The summed E-state index contributed by atoms with van der Waals surface area (Å²) in [5, 5.41) is 10.2. The molecule has 0 saturated carbocycles. The van der Waals surface area contributed by atoms with Gasteiger partial charge in [-0.2, -0.15) is 0 Å². The van der Waals surface area contributed by atoms with Gasteiger partial charge in [0, 0.05) is 13.1 Å². The van der Waals surface area contributed by atoms with E-state index in [2.05, 4.69) is 5.43 Å². The molecule has 0 atom stereocenters. The number of carbonyl (C=O) groups is 1. The van der Waals surface area contributed by atoms with E-state index >= 15 is 0 Å². The van der Waals surface area contributed by atoms with E-state index in [0.717, 1.165) is 25.9 Å². The second-order valence-corrected chi connectivity index (χ2v) is 2.78. The summed E-state index contributed by atoms with van der Waals surface area (Å²) in [5.74, 6) is -0.764. The molecule has 1 aliphatic heterocycles. The van der Waals surface area contributed by atoms with Crippen molar-refractivity contribution in [1.29, 1.82) is 0 Å². The molecule has 0 radical (unpaired) electrons. The smallest absolute Gasteiger partial charge is 1.00 e. The van der Waals surface area contributed by atoms with Crippen molar-refractivity contribution in [1.82, 2.24) is 10.4 Å². The minimum Gasteiger partial charge on any atom is -1.00 e. The Labute approximate surface area is 96.1 Å². The van der Waals surface area contributed by atoms with E-state index in [1.54, 1.807) is 5.01 Å². The number of hydrogen-bond donors (Lipinski definition) is 2. The van der Waals surface area contributed by atoms with Crippen LogP contribution in [0.15, 0.2) is 0 Å². The molecule has 0 bridgehead atoms. The van der Waals surface area contributed by atoms with Gasteiger partial charge in [0.25, 0.3) is 0 Å². The summed E-state index contributed by atoms with van der Waals surface area (Å²) in [6.07, 6.45) is 3.44. The number of nitrogens with zero attached hydrogens (tertiary/aromatic N) is 1. The average molecular weight is 182 g/mol. The van der Waals surface area contributed by atoms with E-state index < -0.39 is 5.97 Å². The first kappa shape index (κ1) is 12.4. The van der Waals surface area contributed by atoms with Gasteiger partial charge >= 0.3 is 35.5 Å². The second-order valence-electron chi connectivity index (χ2n) is 2.78. The van der Waals surface area contributed by atoms with E-state index in [1.165, 1.54) is 6.42 Å². The molecule has 1 saturated heterocycles. The third-order valence-electron chi connectivity index (χ3n) is 1.77. The zero-order valence-corrected chi connectivity index (χ0v) is 9.55. The fourth-order valence-electron chi connectivity index (χ4n) is 1.22. The van der Waals surface area contributed by atoms with Gasteiger partial charge in [0.2, 0.25) is 0 Å². The predicted molar refractivity (Wildman–Crippen MR) is 42.2 cm³/mol. The maximum atomic E-state index is 10.3. The van der Waals surface area contributed by atoms with Gasteiger partial charge in [0.15, 0.2) is 0 Å². The first-order valence-electron chi connectivity index (χ1n) is 3.99. The molecule has 0 aromatic heterocycles. The summed E-state index contributed by atoms with van der Waals surface area (Å²) >= 11 is 0. The number of carboxylic acid groups (broad SMARTS) is 1. The van der Waals surface area contributed by atoms with Crippen molar-refractivity contribution < 1.29 is 40.9 Å². The summed E-state index contributed by atoms with van der Waals surface area (Å²) in [5.41, 5.74) is 3.07. The van der Waals surface area contributed by atoms with Gasteiger partial charge in [-0.05, 0) is 12.8 Å². The topological polar surface area (TPSA) is 52.6 Å². The van der Waals surface area contributed by atoms with E-state index in [-0.39, 0.29) is 37.5 Å². The molecule has 0 aromatic rings. The zero-order valence-electron chi connectivity index (χ0n) is 8.55. The first-order chi connectivity index (χ1) is 5.29. The van der Waals surface area contributed by atoms with Crippen LogP contribution >= 0.6 is 0 Å². The maximum Gasteiger partial charge on any atom is 1.00 e. The van der Waals surface area contributed by atoms with Crippen LogP contribution < -0.4 is 35.0 Å². The van der Waals surface area contributed by atoms with Crippen LogP contribution in [-0.4, -0.2) is 35.7 Å². The van der Waals surface area contributed by atoms with E-state index in [0.29, 0.717) is 0 Å². The van der Waals surface area contributed by atoms with Crippen LogP contribution in [0.2, 0.25) is 0 Å². The van der Waals surface area contributed by atoms with Gasteiger partial charge in [0.1, 0.15) is 6.54 Å². The molecule has 5 heteroatoms. The molecule has 4 nitrogen and oxygen atoms in total. The molecular formula is C7H15N2NaO2. The summed E-state index contributed by atoms with van der Waals surface area (Å²) in [7, 11) is 0. The van der Waals surface area contributed by atoms with Crippen LogP contribution in [0.5, 0.6) is 0 Å². The third kappa shape index (κ3) is 5.11. The van der Waals surface area contributed by atoms with E-state index in [1.807, 2.05) is 0 Å². The Kier molecular flexibility index (Phi) is 7.08. The number of nitrogens with one attached hydrogen (secondary N) is 1. The Hall–Kier alpha value is 0.390. The molecule has 0 aromatic carbocycles. The number of rotatable bonds is 2. The third-order valence-corrected chi connectivity index (χ3v) is 1.77. The molecule has 1 aliphatic rings. The Bertz CT molecular complexity index is 140. The summed E-state index contributed by atoms with van der Waals surface area (Å²) in [6, 6.07) is 0. The maximum absolute atomic E-state index is 10.3. The molecule has 0 aliphatic carbocycles. The van der Waals surface area contributed by atoms with Gasteiger partial charge in [-0.1, -0.05) is 6.42 Å². The summed E-state index contributed by atoms with van der Waals surface area (Å²) < 4.78 is 0. The molecule has 2 N–H and O–H groups in total. The van der Waals surface area contributed by atoms with Crippen LogP contribution in [0.4, 0.5) is 0 Å². The minimum atomic E-state index is -0.764. The molecule has 66 valence electrons. The summed E-state index contributed by atoms with van der Waals surface area (Å²) in [6.45, 7) is 1.87. The molecule has 12 heavy (non-hydrogen) atoms. The molecule has 1 rings (SSSR count). The number of hydrogen-bond acceptors (Lipinski definition) is 3. The van der Waals surface area contributed by atoms with E-state index in [4.69, 9.17) is 5.11 Å². The van der Waals surface area contributed by atoms with Crippen LogP contribution in [0.1, 0.15) is 20.7 Å². The Balaban J connectivity index is 0. The first-order valence-corrected chi connectivity index (χ1v) is 3.99. The standard InChI is InChI=1S/C7H14N2O2.Na.H/c10-7(11)6-9-5-3-1-2-4-8-9;;/h8H,1-6H2,(H,10,11);;/q;+1;-1. The normalized spacial score (nSPS) is 19.3. The van der Waals surface area contributed by atoms with Crippen molar-refractivity contribution in [2.75, 3.05) is 19.6 Å². The van der Waals surface area contributed by atoms with Crippen molar-refractivity contribution in [2.45, 2.75) is 19.3 Å². The number of hydrazine groups is 1. The molecule has 1 heterocycles. The average Bonchev–Trinajstić information content (AvgIpc) is 2.14. The Morgan fingerprint density at radius 3 is 2.92 bits per heavy atom. The van der Waals surface area contributed by atoms with Crippen LogP contribution in [-0.2, 0) is 4.79 Å². The molecular weight excluding hydrogens is 167 g/mol. The number of carboxylic acids is 1. The van der Waals surface area contributed by atoms with Crippen LogP contribution in [0.3, 0.4) is 0 Å². The number of aliphatic carboxylic acids is 1.